The summed E-state index contributed by atoms with van der Waals surface area (Å²) in [7, 11) is 0. The van der Waals surface area contributed by atoms with Gasteiger partial charge in [0.2, 0.25) is 5.91 Å². The molecule has 0 aliphatic heterocycles. The van der Waals surface area contributed by atoms with Crippen LogP contribution in [0.1, 0.15) is 32.4 Å². The van der Waals surface area contributed by atoms with E-state index in [0.29, 0.717) is 0 Å². The highest BCUT2D eigenvalue weighted by Crippen LogP contribution is 2.18. The highest BCUT2D eigenvalue weighted by atomic mass is 79.9. The smallest absolute Gasteiger partial charge is 0.230 e. The molecule has 19 heavy (non-hydrogen) atoms. The number of rotatable bonds is 5. The number of halogens is 1. The summed E-state index contributed by atoms with van der Waals surface area (Å²) in [6, 6.07) is 7.77. The van der Waals surface area contributed by atoms with Gasteiger partial charge in [-0.05, 0) is 30.5 Å². The Morgan fingerprint density at radius 2 is 1.79 bits per heavy atom. The predicted molar refractivity (Wildman–Crippen MR) is 85.8 cm³/mol. The molecule has 1 rings (SSSR count). The second kappa shape index (κ2) is 7.01. The van der Waals surface area contributed by atoms with Crippen LogP contribution in [0.2, 0.25) is 0 Å². The van der Waals surface area contributed by atoms with Gasteiger partial charge in [-0.15, -0.1) is 0 Å². The molecule has 0 saturated heterocycles. The van der Waals surface area contributed by atoms with E-state index in [0.717, 1.165) is 10.0 Å². The fourth-order valence-corrected chi connectivity index (χ4v) is 2.54. The summed E-state index contributed by atoms with van der Waals surface area (Å²) in [5, 5.41) is 2.96. The van der Waals surface area contributed by atoms with Crippen molar-refractivity contribution in [3.05, 3.63) is 34.3 Å². The first-order chi connectivity index (χ1) is 8.82. The molecule has 0 heterocycles. The van der Waals surface area contributed by atoms with Gasteiger partial charge in [-0.25, -0.2) is 0 Å². The minimum atomic E-state index is -0.423. The molecule has 0 fully saturated rings. The van der Waals surface area contributed by atoms with Gasteiger partial charge in [0.15, 0.2) is 0 Å². The Labute approximate surface area is 128 Å². The van der Waals surface area contributed by atoms with Crippen LogP contribution in [0.15, 0.2) is 28.7 Å². The van der Waals surface area contributed by atoms with E-state index in [1.54, 1.807) is 0 Å². The number of carbonyl (C=O) groups is 1. The molecule has 0 aliphatic rings. The molecule has 1 aromatic rings. The van der Waals surface area contributed by atoms with Gasteiger partial charge in [-0.3, -0.25) is 4.79 Å². The molecule has 0 aromatic heterocycles. The van der Waals surface area contributed by atoms with Crippen LogP contribution in [-0.4, -0.2) is 10.9 Å². The van der Waals surface area contributed by atoms with E-state index < -0.39 is 5.92 Å². The first-order valence-corrected chi connectivity index (χ1v) is 7.38. The molecule has 0 radical (unpaired) electrons. The van der Waals surface area contributed by atoms with Gasteiger partial charge in [0.1, 0.15) is 0 Å². The van der Waals surface area contributed by atoms with Crippen molar-refractivity contribution >= 4 is 39.0 Å². The third-order valence-electron chi connectivity index (χ3n) is 2.98. The van der Waals surface area contributed by atoms with Crippen LogP contribution in [0.4, 0.5) is 0 Å². The van der Waals surface area contributed by atoms with E-state index in [-0.39, 0.29) is 22.9 Å². The molecule has 0 aliphatic carbocycles. The van der Waals surface area contributed by atoms with Gasteiger partial charge >= 0.3 is 0 Å². The van der Waals surface area contributed by atoms with Crippen LogP contribution >= 0.6 is 28.1 Å². The molecule has 3 N–H and O–H groups in total. The molecule has 0 spiro atoms. The Balaban J connectivity index is 2.75. The van der Waals surface area contributed by atoms with E-state index in [1.165, 1.54) is 0 Å². The van der Waals surface area contributed by atoms with Gasteiger partial charge < -0.3 is 11.1 Å². The Hall–Kier alpha value is -0.940. The van der Waals surface area contributed by atoms with Gasteiger partial charge in [0, 0.05) is 4.47 Å². The second-order valence-electron chi connectivity index (χ2n) is 4.91. The van der Waals surface area contributed by atoms with Crippen molar-refractivity contribution in [1.29, 1.82) is 0 Å². The van der Waals surface area contributed by atoms with E-state index in [1.807, 2.05) is 45.0 Å². The van der Waals surface area contributed by atoms with E-state index in [4.69, 9.17) is 18.0 Å². The molecule has 2 atom stereocenters. The number of nitrogens with one attached hydrogen (secondary N) is 1. The van der Waals surface area contributed by atoms with Crippen LogP contribution in [-0.2, 0) is 4.79 Å². The van der Waals surface area contributed by atoms with E-state index >= 15 is 0 Å². The summed E-state index contributed by atoms with van der Waals surface area (Å²) in [4.78, 5) is 12.4. The van der Waals surface area contributed by atoms with Crippen LogP contribution in [0, 0.1) is 11.8 Å². The minimum absolute atomic E-state index is 0.0730. The Bertz CT molecular complexity index is 459. The van der Waals surface area contributed by atoms with Crippen LogP contribution in [0.3, 0.4) is 0 Å². The molecular formula is C14H19BrN2OS. The SMILES string of the molecule is CC(NC(=O)C(C(N)=S)C(C)C)c1ccc(Br)cc1. The number of hydrogen-bond donors (Lipinski definition) is 2. The number of thiocarbonyl (C=S) groups is 1. The summed E-state index contributed by atoms with van der Waals surface area (Å²) in [6.45, 7) is 5.82. The van der Waals surface area contributed by atoms with Crippen molar-refractivity contribution in [3.8, 4) is 0 Å². The molecule has 5 heteroatoms. The quantitative estimate of drug-likeness (QED) is 0.808. The lowest BCUT2D eigenvalue weighted by molar-refractivity contribution is -0.124. The summed E-state index contributed by atoms with van der Waals surface area (Å²) < 4.78 is 1.01. The molecule has 104 valence electrons. The second-order valence-corrected chi connectivity index (χ2v) is 6.29. The van der Waals surface area contributed by atoms with Gasteiger partial charge in [-0.2, -0.15) is 0 Å². The lowest BCUT2D eigenvalue weighted by atomic mass is 9.94. The number of amides is 1. The Morgan fingerprint density at radius 1 is 1.26 bits per heavy atom. The van der Waals surface area contributed by atoms with Crippen molar-refractivity contribution in [1.82, 2.24) is 5.32 Å². The Kier molecular flexibility index (Phi) is 5.94. The first-order valence-electron chi connectivity index (χ1n) is 6.18. The summed E-state index contributed by atoms with van der Waals surface area (Å²) in [5.74, 6) is -0.444. The van der Waals surface area contributed by atoms with Gasteiger partial charge in [0.05, 0.1) is 16.9 Å². The number of carbonyl (C=O) groups excluding carboxylic acids is 1. The standard InChI is InChI=1S/C14H19BrN2OS/c1-8(2)12(13(16)19)14(18)17-9(3)10-4-6-11(15)7-5-10/h4-9,12H,1-3H3,(H2,16,19)(H,17,18). The molecule has 2 unspecified atom stereocenters. The highest BCUT2D eigenvalue weighted by molar-refractivity contribution is 9.10. The maximum atomic E-state index is 12.2. The topological polar surface area (TPSA) is 55.1 Å². The van der Waals surface area contributed by atoms with Crippen molar-refractivity contribution in [2.45, 2.75) is 26.8 Å². The van der Waals surface area contributed by atoms with Crippen LogP contribution in [0.5, 0.6) is 0 Å². The number of nitrogens with two attached hydrogens (primary N) is 1. The van der Waals surface area contributed by atoms with Crippen molar-refractivity contribution in [3.63, 3.8) is 0 Å². The highest BCUT2D eigenvalue weighted by Gasteiger charge is 2.26. The summed E-state index contributed by atoms with van der Waals surface area (Å²) >= 11 is 8.35. The fourth-order valence-electron chi connectivity index (χ4n) is 1.90. The Morgan fingerprint density at radius 3 is 2.21 bits per heavy atom. The van der Waals surface area contributed by atoms with Gasteiger partial charge in [-0.1, -0.05) is 54.1 Å². The van der Waals surface area contributed by atoms with Crippen molar-refractivity contribution < 1.29 is 4.79 Å². The maximum Gasteiger partial charge on any atom is 0.230 e. The van der Waals surface area contributed by atoms with Crippen molar-refractivity contribution in [2.24, 2.45) is 17.6 Å². The molecule has 3 nitrogen and oxygen atoms in total. The lowest BCUT2D eigenvalue weighted by Crippen LogP contribution is -2.41. The van der Waals surface area contributed by atoms with E-state index in [9.17, 15) is 4.79 Å². The average Bonchev–Trinajstić information content (AvgIpc) is 2.28. The fraction of sp³-hybridized carbons (Fsp3) is 0.429. The van der Waals surface area contributed by atoms with Crippen molar-refractivity contribution in [2.75, 3.05) is 0 Å². The van der Waals surface area contributed by atoms with Crippen LogP contribution in [0.25, 0.3) is 0 Å². The summed E-state index contributed by atoms with van der Waals surface area (Å²) in [5.41, 5.74) is 6.68. The minimum Gasteiger partial charge on any atom is -0.393 e. The molecule has 0 bridgehead atoms. The normalized spacial score (nSPS) is 13.9. The third kappa shape index (κ3) is 4.58. The zero-order valence-corrected chi connectivity index (χ0v) is 13.7. The first kappa shape index (κ1) is 16.1. The zero-order valence-electron chi connectivity index (χ0n) is 11.3. The predicted octanol–water partition coefficient (Wildman–Crippen LogP) is 3.18. The van der Waals surface area contributed by atoms with Gasteiger partial charge in [0.25, 0.3) is 0 Å². The maximum absolute atomic E-state index is 12.2. The molecular weight excluding hydrogens is 324 g/mol. The molecule has 1 aromatic carbocycles. The third-order valence-corrected chi connectivity index (χ3v) is 3.77. The zero-order chi connectivity index (χ0) is 14.6. The number of hydrogen-bond acceptors (Lipinski definition) is 2. The average molecular weight is 343 g/mol. The molecule has 1 amide bonds. The lowest BCUT2D eigenvalue weighted by Gasteiger charge is -2.22. The van der Waals surface area contributed by atoms with Crippen LogP contribution < -0.4 is 11.1 Å². The number of benzene rings is 1. The monoisotopic (exact) mass is 342 g/mol. The molecule has 0 saturated carbocycles. The summed E-state index contributed by atoms with van der Waals surface area (Å²) in [6.07, 6.45) is 0. The largest absolute Gasteiger partial charge is 0.393 e. The van der Waals surface area contributed by atoms with E-state index in [2.05, 4.69) is 21.2 Å².